The fourth-order valence-corrected chi connectivity index (χ4v) is 3.22. The zero-order chi connectivity index (χ0) is 21.0. The van der Waals surface area contributed by atoms with Gasteiger partial charge in [-0.2, -0.15) is 0 Å². The summed E-state index contributed by atoms with van der Waals surface area (Å²) in [5, 5.41) is 0. The summed E-state index contributed by atoms with van der Waals surface area (Å²) in [4.78, 5) is 39.9. The number of hydrogen-bond acceptors (Lipinski definition) is 6. The van der Waals surface area contributed by atoms with E-state index in [0.717, 1.165) is 0 Å². The van der Waals surface area contributed by atoms with Gasteiger partial charge in [0.2, 0.25) is 0 Å². The zero-order valence-corrected chi connectivity index (χ0v) is 16.4. The molecule has 2 aromatic carbocycles. The van der Waals surface area contributed by atoms with E-state index in [1.165, 1.54) is 26.2 Å². The Morgan fingerprint density at radius 2 is 1.48 bits per heavy atom. The Morgan fingerprint density at radius 1 is 0.862 bits per heavy atom. The lowest BCUT2D eigenvalue weighted by Gasteiger charge is -2.19. The van der Waals surface area contributed by atoms with Gasteiger partial charge in [0.15, 0.2) is 5.78 Å². The summed E-state index contributed by atoms with van der Waals surface area (Å²) in [7, 11) is 4.19. The normalized spacial score (nSPS) is 13.3. The van der Waals surface area contributed by atoms with Crippen molar-refractivity contribution in [3.05, 3.63) is 70.9 Å². The lowest BCUT2D eigenvalue weighted by atomic mass is 10.00. The molecule has 1 heterocycles. The van der Waals surface area contributed by atoms with Crippen molar-refractivity contribution < 1.29 is 28.6 Å². The Labute approximate surface area is 168 Å². The van der Waals surface area contributed by atoms with Gasteiger partial charge in [-0.3, -0.25) is 9.59 Å². The first-order valence-corrected chi connectivity index (χ1v) is 8.96. The molecule has 0 N–H and O–H groups in total. The number of ketones is 1. The molecule has 1 aliphatic rings. The molecule has 0 fully saturated rings. The molecule has 0 aromatic heterocycles. The van der Waals surface area contributed by atoms with Crippen LogP contribution in [0.1, 0.15) is 27.1 Å². The molecule has 0 saturated heterocycles. The maximum absolute atomic E-state index is 13.2. The summed E-state index contributed by atoms with van der Waals surface area (Å²) in [5.74, 6) is -0.584. The number of rotatable bonds is 6. The van der Waals surface area contributed by atoms with Crippen LogP contribution in [0.15, 0.2) is 59.8 Å². The molecule has 150 valence electrons. The topological polar surface area (TPSA) is 82.1 Å². The first-order valence-electron chi connectivity index (χ1n) is 8.96. The molecule has 7 nitrogen and oxygen atoms in total. The minimum atomic E-state index is -0.731. The smallest absolute Gasteiger partial charge is 0.355 e. The van der Waals surface area contributed by atoms with Gasteiger partial charge in [0.1, 0.15) is 17.2 Å². The van der Waals surface area contributed by atoms with E-state index in [4.69, 9.17) is 14.2 Å². The van der Waals surface area contributed by atoms with Crippen LogP contribution in [0, 0.1) is 0 Å². The number of hydrogen-bond donors (Lipinski definition) is 0. The van der Waals surface area contributed by atoms with Gasteiger partial charge in [-0.05, 0) is 30.7 Å². The summed E-state index contributed by atoms with van der Waals surface area (Å²) < 4.78 is 15.3. The summed E-state index contributed by atoms with van der Waals surface area (Å²) in [6.45, 7) is 0.209. The van der Waals surface area contributed by atoms with Gasteiger partial charge in [0.05, 0.1) is 21.3 Å². The molecule has 0 saturated carbocycles. The minimum absolute atomic E-state index is 0.0341. The van der Waals surface area contributed by atoms with E-state index < -0.39 is 5.97 Å². The van der Waals surface area contributed by atoms with E-state index in [1.54, 1.807) is 48.5 Å². The maximum Gasteiger partial charge on any atom is 0.355 e. The van der Waals surface area contributed by atoms with Crippen LogP contribution in [-0.4, -0.2) is 50.4 Å². The predicted molar refractivity (Wildman–Crippen MR) is 105 cm³/mol. The number of esters is 1. The van der Waals surface area contributed by atoms with Crippen molar-refractivity contribution in [3.63, 3.8) is 0 Å². The fourth-order valence-electron chi connectivity index (χ4n) is 3.22. The second-order valence-electron chi connectivity index (χ2n) is 6.32. The Morgan fingerprint density at radius 3 is 2.03 bits per heavy atom. The maximum atomic E-state index is 13.2. The highest BCUT2D eigenvalue weighted by Crippen LogP contribution is 2.31. The predicted octanol–water partition coefficient (Wildman–Crippen LogP) is 2.86. The molecule has 1 amide bonds. The van der Waals surface area contributed by atoms with E-state index >= 15 is 0 Å². The Balaban J connectivity index is 2.04. The Bertz CT molecular complexity index is 958. The highest BCUT2D eigenvalue weighted by atomic mass is 16.5. The fraction of sp³-hybridized carbons (Fsp3) is 0.227. The average Bonchev–Trinajstić information content (AvgIpc) is 3.22. The molecule has 0 bridgehead atoms. The molecular weight excluding hydrogens is 374 g/mol. The molecule has 0 unspecified atom stereocenters. The number of Topliss-reactive ketones (excluding diaryl/α,β-unsaturated/α-hetero) is 1. The standard InChI is InChI=1S/C22H21NO6/c1-27-16-11-15(12-17(13-16)28-2)20(24)18-9-10-23(19(18)22(26)29-3)21(25)14-7-5-4-6-8-14/h4-8,11-13H,9-10H2,1-3H3. The van der Waals surface area contributed by atoms with Crippen LogP contribution in [-0.2, 0) is 9.53 Å². The summed E-state index contributed by atoms with van der Waals surface area (Å²) >= 11 is 0. The number of benzene rings is 2. The number of carbonyl (C=O) groups is 3. The van der Waals surface area contributed by atoms with Crippen LogP contribution >= 0.6 is 0 Å². The van der Waals surface area contributed by atoms with E-state index in [2.05, 4.69) is 0 Å². The van der Waals surface area contributed by atoms with Crippen molar-refractivity contribution in [2.24, 2.45) is 0 Å². The van der Waals surface area contributed by atoms with Gasteiger partial charge < -0.3 is 19.1 Å². The third-order valence-electron chi connectivity index (χ3n) is 4.67. The van der Waals surface area contributed by atoms with E-state index in [0.29, 0.717) is 22.6 Å². The Kier molecular flexibility index (Phi) is 5.97. The van der Waals surface area contributed by atoms with Gasteiger partial charge >= 0.3 is 5.97 Å². The minimum Gasteiger partial charge on any atom is -0.497 e. The zero-order valence-electron chi connectivity index (χ0n) is 16.4. The molecule has 0 aliphatic carbocycles. The quantitative estimate of drug-likeness (QED) is 0.553. The second kappa shape index (κ2) is 8.60. The van der Waals surface area contributed by atoms with E-state index in [-0.39, 0.29) is 35.9 Å². The molecule has 0 atom stereocenters. The van der Waals surface area contributed by atoms with Gasteiger partial charge in [0.25, 0.3) is 5.91 Å². The molecule has 29 heavy (non-hydrogen) atoms. The highest BCUT2D eigenvalue weighted by molar-refractivity contribution is 6.15. The first kappa shape index (κ1) is 20.1. The van der Waals surface area contributed by atoms with Gasteiger partial charge in [-0.25, -0.2) is 4.79 Å². The molecule has 2 aromatic rings. The van der Waals surface area contributed by atoms with Crippen LogP contribution in [0.4, 0.5) is 0 Å². The largest absolute Gasteiger partial charge is 0.497 e. The first-order chi connectivity index (χ1) is 14.0. The monoisotopic (exact) mass is 395 g/mol. The third kappa shape index (κ3) is 3.99. The molecule has 7 heteroatoms. The van der Waals surface area contributed by atoms with Crippen molar-refractivity contribution in [3.8, 4) is 11.5 Å². The van der Waals surface area contributed by atoms with Crippen molar-refractivity contribution in [1.82, 2.24) is 4.90 Å². The van der Waals surface area contributed by atoms with Crippen molar-refractivity contribution in [1.29, 1.82) is 0 Å². The molecular formula is C22H21NO6. The Hall–Kier alpha value is -3.61. The number of carbonyl (C=O) groups excluding carboxylic acids is 3. The van der Waals surface area contributed by atoms with Crippen LogP contribution < -0.4 is 9.47 Å². The van der Waals surface area contributed by atoms with E-state index in [9.17, 15) is 14.4 Å². The molecule has 0 radical (unpaired) electrons. The second-order valence-corrected chi connectivity index (χ2v) is 6.32. The van der Waals surface area contributed by atoms with Gasteiger partial charge in [-0.15, -0.1) is 0 Å². The van der Waals surface area contributed by atoms with Crippen molar-refractivity contribution in [2.75, 3.05) is 27.9 Å². The molecule has 1 aliphatic heterocycles. The highest BCUT2D eigenvalue weighted by Gasteiger charge is 2.36. The number of amides is 1. The SMILES string of the molecule is COC(=O)C1=C(C(=O)c2cc(OC)cc(OC)c2)CCN1C(=O)c1ccccc1. The van der Waals surface area contributed by atoms with Crippen LogP contribution in [0.2, 0.25) is 0 Å². The van der Waals surface area contributed by atoms with Crippen molar-refractivity contribution in [2.45, 2.75) is 6.42 Å². The average molecular weight is 395 g/mol. The van der Waals surface area contributed by atoms with Crippen LogP contribution in [0.3, 0.4) is 0 Å². The number of methoxy groups -OCH3 is 3. The van der Waals surface area contributed by atoms with Crippen LogP contribution in [0.25, 0.3) is 0 Å². The third-order valence-corrected chi connectivity index (χ3v) is 4.67. The van der Waals surface area contributed by atoms with Gasteiger partial charge in [0, 0.05) is 29.3 Å². The molecule has 0 spiro atoms. The lowest BCUT2D eigenvalue weighted by molar-refractivity contribution is -0.137. The summed E-state index contributed by atoms with van der Waals surface area (Å²) in [6, 6.07) is 13.4. The number of nitrogens with zero attached hydrogens (tertiary/aromatic N) is 1. The number of ether oxygens (including phenoxy) is 3. The van der Waals surface area contributed by atoms with E-state index in [1.807, 2.05) is 0 Å². The van der Waals surface area contributed by atoms with Crippen molar-refractivity contribution >= 4 is 17.7 Å². The van der Waals surface area contributed by atoms with Gasteiger partial charge in [-0.1, -0.05) is 18.2 Å². The van der Waals surface area contributed by atoms with Crippen LogP contribution in [0.5, 0.6) is 11.5 Å². The summed E-state index contributed by atoms with van der Waals surface area (Å²) in [5.41, 5.74) is 0.904. The lowest BCUT2D eigenvalue weighted by Crippen LogP contribution is -2.32. The molecule has 3 rings (SSSR count). The summed E-state index contributed by atoms with van der Waals surface area (Å²) in [6.07, 6.45) is 0.237.